The van der Waals surface area contributed by atoms with Crippen LogP contribution in [-0.4, -0.2) is 26.4 Å². The van der Waals surface area contributed by atoms with Crippen molar-refractivity contribution in [3.05, 3.63) is 59.8 Å². The van der Waals surface area contributed by atoms with E-state index in [0.29, 0.717) is 11.2 Å². The topological polar surface area (TPSA) is 88.4 Å². The third-order valence-corrected chi connectivity index (χ3v) is 3.92. The fourth-order valence-electron chi connectivity index (χ4n) is 2.44. The highest BCUT2D eigenvalue weighted by atomic mass is 19.4. The van der Waals surface area contributed by atoms with Crippen LogP contribution in [0.15, 0.2) is 48.7 Å². The molecular weight excluding hydrogens is 375 g/mol. The summed E-state index contributed by atoms with van der Waals surface area (Å²) in [7, 11) is 0. The van der Waals surface area contributed by atoms with Crippen molar-refractivity contribution in [3.63, 3.8) is 0 Å². The van der Waals surface area contributed by atoms with Gasteiger partial charge in [0.2, 0.25) is 17.8 Å². The molecule has 3 aromatic rings. The highest BCUT2D eigenvalue weighted by Gasteiger charge is 2.29. The van der Waals surface area contributed by atoms with Gasteiger partial charge in [0.25, 0.3) is 0 Å². The van der Waals surface area contributed by atoms with Crippen molar-refractivity contribution in [3.8, 4) is 0 Å². The first-order chi connectivity index (χ1) is 13.3. The van der Waals surface area contributed by atoms with Crippen LogP contribution in [-0.2, 0) is 22.3 Å². The minimum atomic E-state index is -4.40. The number of carbonyl (C=O) groups excluding carboxylic acids is 2. The van der Waals surface area contributed by atoms with E-state index in [1.807, 2.05) is 0 Å². The maximum absolute atomic E-state index is 12.5. The summed E-state index contributed by atoms with van der Waals surface area (Å²) in [5, 5.41) is 12.9. The number of rotatable bonds is 6. The Kier molecular flexibility index (Phi) is 5.57. The van der Waals surface area contributed by atoms with E-state index >= 15 is 0 Å². The third kappa shape index (κ3) is 4.84. The number of halogens is 3. The number of anilines is 1. The van der Waals surface area contributed by atoms with Crippen molar-refractivity contribution in [2.24, 2.45) is 0 Å². The fraction of sp³-hybridized carbons (Fsp3) is 0.222. The van der Waals surface area contributed by atoms with Crippen LogP contribution < -0.4 is 10.6 Å². The summed E-state index contributed by atoms with van der Waals surface area (Å²) < 4.78 is 39.1. The van der Waals surface area contributed by atoms with E-state index in [9.17, 15) is 22.8 Å². The van der Waals surface area contributed by atoms with Gasteiger partial charge in [-0.2, -0.15) is 13.2 Å². The van der Waals surface area contributed by atoms with Gasteiger partial charge in [0, 0.05) is 25.6 Å². The average molecular weight is 391 g/mol. The van der Waals surface area contributed by atoms with Crippen molar-refractivity contribution >= 4 is 23.4 Å². The van der Waals surface area contributed by atoms with E-state index in [2.05, 4.69) is 20.8 Å². The molecule has 2 aromatic heterocycles. The number of amides is 2. The standard InChI is InChI=1S/C18H16F3N5O2/c19-18(20,21)13-6-4-12(5-7-13)11-22-15(27)8-9-16(28)23-17-25-24-14-3-1-2-10-26(14)17/h1-7,10H,8-9,11H2,(H,22,27)(H,23,25,28). The molecule has 1 aromatic carbocycles. The van der Waals surface area contributed by atoms with Crippen LogP contribution >= 0.6 is 0 Å². The molecule has 0 atom stereocenters. The summed E-state index contributed by atoms with van der Waals surface area (Å²) in [6, 6.07) is 9.79. The van der Waals surface area contributed by atoms with E-state index in [1.165, 1.54) is 12.1 Å². The predicted molar refractivity (Wildman–Crippen MR) is 94.1 cm³/mol. The molecule has 3 rings (SSSR count). The third-order valence-electron chi connectivity index (χ3n) is 3.92. The number of benzene rings is 1. The van der Waals surface area contributed by atoms with Gasteiger partial charge in [-0.15, -0.1) is 10.2 Å². The molecule has 0 unspecified atom stereocenters. The van der Waals surface area contributed by atoms with Crippen LogP contribution in [0.25, 0.3) is 5.65 Å². The van der Waals surface area contributed by atoms with Crippen molar-refractivity contribution in [2.75, 3.05) is 5.32 Å². The Morgan fingerprint density at radius 1 is 0.964 bits per heavy atom. The number of alkyl halides is 3. The molecule has 0 radical (unpaired) electrons. The first kappa shape index (κ1) is 19.3. The molecule has 2 N–H and O–H groups in total. The zero-order valence-electron chi connectivity index (χ0n) is 14.5. The van der Waals surface area contributed by atoms with Gasteiger partial charge in [-0.1, -0.05) is 18.2 Å². The SMILES string of the molecule is O=C(CCC(=O)Nc1nnc2ccccn12)NCc1ccc(C(F)(F)F)cc1. The fourth-order valence-corrected chi connectivity index (χ4v) is 2.44. The molecule has 0 saturated carbocycles. The molecule has 7 nitrogen and oxygen atoms in total. The Bertz CT molecular complexity index is 983. The number of pyridine rings is 1. The van der Waals surface area contributed by atoms with Crippen LogP contribution in [0, 0.1) is 0 Å². The lowest BCUT2D eigenvalue weighted by Crippen LogP contribution is -2.24. The molecule has 0 aliphatic rings. The van der Waals surface area contributed by atoms with E-state index in [4.69, 9.17) is 0 Å². The van der Waals surface area contributed by atoms with Gasteiger partial charge in [-0.3, -0.25) is 19.3 Å². The van der Waals surface area contributed by atoms with Gasteiger partial charge < -0.3 is 5.32 Å². The number of carbonyl (C=O) groups is 2. The average Bonchev–Trinajstić information content (AvgIpc) is 3.07. The molecule has 0 spiro atoms. The van der Waals surface area contributed by atoms with Crippen molar-refractivity contribution < 1.29 is 22.8 Å². The summed E-state index contributed by atoms with van der Waals surface area (Å²) in [4.78, 5) is 23.8. The van der Waals surface area contributed by atoms with Gasteiger partial charge >= 0.3 is 6.18 Å². The first-order valence-electron chi connectivity index (χ1n) is 8.35. The largest absolute Gasteiger partial charge is 0.416 e. The monoisotopic (exact) mass is 391 g/mol. The molecule has 0 saturated heterocycles. The summed E-state index contributed by atoms with van der Waals surface area (Å²) in [6.07, 6.45) is -2.84. The number of aromatic nitrogens is 3. The Labute approximate surface area is 157 Å². The number of hydrogen-bond donors (Lipinski definition) is 2. The maximum atomic E-state index is 12.5. The predicted octanol–water partition coefficient (Wildman–Crippen LogP) is 2.78. The smallest absolute Gasteiger partial charge is 0.352 e. The van der Waals surface area contributed by atoms with E-state index in [1.54, 1.807) is 28.8 Å². The lowest BCUT2D eigenvalue weighted by atomic mass is 10.1. The Balaban J connectivity index is 1.44. The maximum Gasteiger partial charge on any atom is 0.416 e. The lowest BCUT2D eigenvalue weighted by molar-refractivity contribution is -0.137. The van der Waals surface area contributed by atoms with Crippen molar-refractivity contribution in [1.82, 2.24) is 19.9 Å². The van der Waals surface area contributed by atoms with E-state index in [-0.39, 0.29) is 31.2 Å². The van der Waals surface area contributed by atoms with Crippen LogP contribution in [0.5, 0.6) is 0 Å². The number of nitrogens with zero attached hydrogens (tertiary/aromatic N) is 3. The Morgan fingerprint density at radius 2 is 1.68 bits per heavy atom. The molecule has 0 aliphatic carbocycles. The quantitative estimate of drug-likeness (QED) is 0.676. The Hall–Kier alpha value is -3.43. The zero-order chi connectivity index (χ0) is 20.1. The minimum Gasteiger partial charge on any atom is -0.352 e. The summed E-state index contributed by atoms with van der Waals surface area (Å²) in [5.74, 6) is -0.533. The Morgan fingerprint density at radius 3 is 2.39 bits per heavy atom. The molecule has 10 heteroatoms. The molecule has 0 bridgehead atoms. The highest BCUT2D eigenvalue weighted by molar-refractivity contribution is 5.92. The van der Waals surface area contributed by atoms with Gasteiger partial charge in [0.15, 0.2) is 5.65 Å². The van der Waals surface area contributed by atoms with Crippen LogP contribution in [0.3, 0.4) is 0 Å². The minimum absolute atomic E-state index is 0.0663. The molecule has 28 heavy (non-hydrogen) atoms. The summed E-state index contributed by atoms with van der Waals surface area (Å²) in [5.41, 5.74) is 0.355. The van der Waals surface area contributed by atoms with Crippen LogP contribution in [0.1, 0.15) is 24.0 Å². The number of fused-ring (bicyclic) bond motifs is 1. The molecular formula is C18H16F3N5O2. The zero-order valence-corrected chi connectivity index (χ0v) is 14.5. The second-order valence-electron chi connectivity index (χ2n) is 5.97. The highest BCUT2D eigenvalue weighted by Crippen LogP contribution is 2.29. The second-order valence-corrected chi connectivity index (χ2v) is 5.97. The molecule has 0 fully saturated rings. The van der Waals surface area contributed by atoms with E-state index in [0.717, 1.165) is 12.1 Å². The molecule has 146 valence electrons. The molecule has 2 amide bonds. The number of nitrogens with one attached hydrogen (secondary N) is 2. The summed E-state index contributed by atoms with van der Waals surface area (Å²) in [6.45, 7) is 0.0768. The number of hydrogen-bond acceptors (Lipinski definition) is 4. The van der Waals surface area contributed by atoms with Crippen molar-refractivity contribution in [2.45, 2.75) is 25.6 Å². The van der Waals surface area contributed by atoms with Gasteiger partial charge in [-0.05, 0) is 29.8 Å². The second kappa shape index (κ2) is 8.07. The lowest BCUT2D eigenvalue weighted by Gasteiger charge is -2.09. The van der Waals surface area contributed by atoms with Crippen molar-refractivity contribution in [1.29, 1.82) is 0 Å². The van der Waals surface area contributed by atoms with Gasteiger partial charge in [0.1, 0.15) is 0 Å². The summed E-state index contributed by atoms with van der Waals surface area (Å²) >= 11 is 0. The molecule has 0 aliphatic heterocycles. The van der Waals surface area contributed by atoms with Crippen LogP contribution in [0.2, 0.25) is 0 Å². The molecule has 2 heterocycles. The first-order valence-corrected chi connectivity index (χ1v) is 8.35. The van der Waals surface area contributed by atoms with Gasteiger partial charge in [0.05, 0.1) is 5.56 Å². The van der Waals surface area contributed by atoms with Crippen LogP contribution in [0.4, 0.5) is 19.1 Å². The van der Waals surface area contributed by atoms with Gasteiger partial charge in [-0.25, -0.2) is 0 Å². The van der Waals surface area contributed by atoms with E-state index < -0.39 is 17.6 Å². The normalized spacial score (nSPS) is 11.4.